The number of allylic oxidation sites excluding steroid dienone is 12. The van der Waals surface area contributed by atoms with Crippen molar-refractivity contribution in [2.24, 2.45) is 0 Å². The van der Waals surface area contributed by atoms with Crippen LogP contribution in [0.25, 0.3) is 0 Å². The second-order valence-corrected chi connectivity index (χ2v) is 18.1. The maximum Gasteiger partial charge on any atom is 0.306 e. The maximum atomic E-state index is 12.8. The zero-order valence-corrected chi connectivity index (χ0v) is 42.7. The van der Waals surface area contributed by atoms with Crippen molar-refractivity contribution in [3.8, 4) is 0 Å². The van der Waals surface area contributed by atoms with Gasteiger partial charge in [-0.05, 0) is 57.8 Å². The van der Waals surface area contributed by atoms with Crippen molar-refractivity contribution in [1.82, 2.24) is 0 Å². The van der Waals surface area contributed by atoms with Crippen LogP contribution in [-0.4, -0.2) is 37.2 Å². The Bertz CT molecular complexity index is 1230. The van der Waals surface area contributed by atoms with Gasteiger partial charge < -0.3 is 14.2 Å². The molecule has 1 atom stereocenters. The van der Waals surface area contributed by atoms with Crippen molar-refractivity contribution in [1.29, 1.82) is 0 Å². The van der Waals surface area contributed by atoms with E-state index in [0.717, 1.165) is 77.0 Å². The van der Waals surface area contributed by atoms with E-state index < -0.39 is 6.10 Å². The topological polar surface area (TPSA) is 78.9 Å². The van der Waals surface area contributed by atoms with E-state index in [1.165, 1.54) is 141 Å². The van der Waals surface area contributed by atoms with Crippen molar-refractivity contribution in [2.45, 2.75) is 271 Å². The molecule has 0 bridgehead atoms. The quantitative estimate of drug-likeness (QED) is 0.0262. The van der Waals surface area contributed by atoms with Crippen LogP contribution in [0.1, 0.15) is 265 Å². The lowest BCUT2D eigenvalue weighted by atomic mass is 10.0. The van der Waals surface area contributed by atoms with Gasteiger partial charge in [0.15, 0.2) is 6.10 Å². The summed E-state index contributed by atoms with van der Waals surface area (Å²) in [4.78, 5) is 38.0. The summed E-state index contributed by atoms with van der Waals surface area (Å²) < 4.78 is 16.8. The normalized spacial score (nSPS) is 12.6. The number of hydrogen-bond acceptors (Lipinski definition) is 6. The van der Waals surface area contributed by atoms with Crippen LogP contribution < -0.4 is 0 Å². The van der Waals surface area contributed by atoms with Gasteiger partial charge >= 0.3 is 17.9 Å². The summed E-state index contributed by atoms with van der Waals surface area (Å²) in [5.41, 5.74) is 0. The second kappa shape index (κ2) is 53.5. The Morgan fingerprint density at radius 1 is 0.323 bits per heavy atom. The number of esters is 3. The lowest BCUT2D eigenvalue weighted by Crippen LogP contribution is -2.30. The average Bonchev–Trinajstić information content (AvgIpc) is 3.30. The van der Waals surface area contributed by atoms with Crippen molar-refractivity contribution in [2.75, 3.05) is 13.2 Å². The van der Waals surface area contributed by atoms with Gasteiger partial charge in [-0.2, -0.15) is 0 Å². The largest absolute Gasteiger partial charge is 0.462 e. The van der Waals surface area contributed by atoms with Gasteiger partial charge in [0.05, 0.1) is 0 Å². The molecule has 0 aliphatic rings. The molecule has 0 spiro atoms. The first kappa shape index (κ1) is 61.9. The van der Waals surface area contributed by atoms with Crippen LogP contribution >= 0.6 is 0 Å². The molecule has 0 aromatic heterocycles. The fraction of sp³-hybridized carbons (Fsp3) is 0.746. The van der Waals surface area contributed by atoms with Crippen molar-refractivity contribution in [3.05, 3.63) is 72.9 Å². The SMILES string of the molecule is CC/C=C\C/C=C\C/C=C\C/C=C\C/C=C\C/C=C\CCC(=O)OC[C@H](COC(=O)CCCCCCCCCCCCCCCC)OC(=O)CCCCCCCCCCCCCCCC. The molecule has 0 saturated heterocycles. The van der Waals surface area contributed by atoms with Gasteiger partial charge in [0, 0.05) is 19.3 Å². The minimum absolute atomic E-state index is 0.0949. The summed E-state index contributed by atoms with van der Waals surface area (Å²) in [6, 6.07) is 0. The first-order chi connectivity index (χ1) is 32.0. The highest BCUT2D eigenvalue weighted by atomic mass is 16.6. The Labute approximate surface area is 402 Å². The average molecular weight is 907 g/mol. The Hall–Kier alpha value is -3.15. The molecule has 0 N–H and O–H groups in total. The monoisotopic (exact) mass is 907 g/mol. The van der Waals surface area contributed by atoms with E-state index >= 15 is 0 Å². The third kappa shape index (κ3) is 51.7. The fourth-order valence-corrected chi connectivity index (χ4v) is 7.65. The van der Waals surface area contributed by atoms with Gasteiger partial charge in [-0.1, -0.05) is 261 Å². The molecule has 0 aliphatic carbocycles. The van der Waals surface area contributed by atoms with Crippen LogP contribution in [0.4, 0.5) is 0 Å². The van der Waals surface area contributed by atoms with E-state index in [-0.39, 0.29) is 37.5 Å². The lowest BCUT2D eigenvalue weighted by Gasteiger charge is -2.18. The van der Waals surface area contributed by atoms with Gasteiger partial charge in [0.2, 0.25) is 0 Å². The Morgan fingerprint density at radius 2 is 0.600 bits per heavy atom. The predicted octanol–water partition coefficient (Wildman–Crippen LogP) is 18.2. The van der Waals surface area contributed by atoms with E-state index in [4.69, 9.17) is 14.2 Å². The molecule has 0 aromatic carbocycles. The Balaban J connectivity index is 4.47. The summed E-state index contributed by atoms with van der Waals surface area (Å²) >= 11 is 0. The van der Waals surface area contributed by atoms with Gasteiger partial charge in [0.1, 0.15) is 13.2 Å². The zero-order valence-electron chi connectivity index (χ0n) is 42.7. The highest BCUT2D eigenvalue weighted by molar-refractivity contribution is 5.71. The first-order valence-electron chi connectivity index (χ1n) is 27.4. The Morgan fingerprint density at radius 3 is 0.938 bits per heavy atom. The number of ether oxygens (including phenoxy) is 3. The van der Waals surface area contributed by atoms with E-state index in [1.807, 2.05) is 6.08 Å². The molecule has 6 nitrogen and oxygen atoms in total. The Kier molecular flexibility index (Phi) is 50.9. The number of hydrogen-bond donors (Lipinski definition) is 0. The molecule has 0 aromatic rings. The van der Waals surface area contributed by atoms with Gasteiger partial charge in [-0.3, -0.25) is 14.4 Å². The van der Waals surface area contributed by atoms with E-state index in [0.29, 0.717) is 19.3 Å². The van der Waals surface area contributed by atoms with Crippen LogP contribution in [0.2, 0.25) is 0 Å². The minimum Gasteiger partial charge on any atom is -0.462 e. The van der Waals surface area contributed by atoms with Crippen LogP contribution in [-0.2, 0) is 28.6 Å². The lowest BCUT2D eigenvalue weighted by molar-refractivity contribution is -0.166. The summed E-state index contributed by atoms with van der Waals surface area (Å²) in [7, 11) is 0. The predicted molar refractivity (Wildman–Crippen MR) is 279 cm³/mol. The molecule has 0 fully saturated rings. The third-order valence-corrected chi connectivity index (χ3v) is 11.7. The van der Waals surface area contributed by atoms with Gasteiger partial charge in [0.25, 0.3) is 0 Å². The van der Waals surface area contributed by atoms with Crippen LogP contribution in [0.3, 0.4) is 0 Å². The molecular formula is C59H102O6. The molecule has 0 heterocycles. The fourth-order valence-electron chi connectivity index (χ4n) is 7.65. The van der Waals surface area contributed by atoms with E-state index in [1.54, 1.807) is 0 Å². The molecule has 0 rings (SSSR count). The molecule has 0 radical (unpaired) electrons. The summed E-state index contributed by atoms with van der Waals surface area (Å²) in [5.74, 6) is -0.974. The zero-order chi connectivity index (χ0) is 47.2. The number of unbranched alkanes of at least 4 members (excludes halogenated alkanes) is 26. The van der Waals surface area contributed by atoms with Crippen molar-refractivity contribution < 1.29 is 28.6 Å². The van der Waals surface area contributed by atoms with Crippen molar-refractivity contribution >= 4 is 17.9 Å². The minimum atomic E-state index is -0.802. The van der Waals surface area contributed by atoms with Gasteiger partial charge in [-0.15, -0.1) is 0 Å². The van der Waals surface area contributed by atoms with Crippen LogP contribution in [0.5, 0.6) is 0 Å². The van der Waals surface area contributed by atoms with Crippen molar-refractivity contribution in [3.63, 3.8) is 0 Å². The highest BCUT2D eigenvalue weighted by Crippen LogP contribution is 2.16. The van der Waals surface area contributed by atoms with E-state index in [2.05, 4.69) is 87.6 Å². The molecule has 0 saturated carbocycles. The molecule has 6 heteroatoms. The summed E-state index contributed by atoms with van der Waals surface area (Å²) in [6.45, 7) is 6.48. The maximum absolute atomic E-state index is 12.8. The van der Waals surface area contributed by atoms with Crippen LogP contribution in [0.15, 0.2) is 72.9 Å². The number of carbonyl (C=O) groups excluding carboxylic acids is 3. The standard InChI is InChI=1S/C59H102O6/c1-4-7-10-13-16-19-22-25-28-29-30-31-32-35-37-40-43-46-49-52-58(61)64-55-56(65-59(62)53-50-47-44-41-38-34-27-24-21-18-15-12-9-6-3)54-63-57(60)51-48-45-42-39-36-33-26-23-20-17-14-11-8-5-2/h7,10,16,19,25,28,30-31,35,37,43,46,56H,4-6,8-9,11-15,17-18,20-24,26-27,29,32-34,36,38-42,44-45,47-55H2,1-3H3/b10-7-,19-16-,28-25-,31-30-,37-35-,46-43-/t56-/m0/s1. The van der Waals surface area contributed by atoms with Gasteiger partial charge in [-0.25, -0.2) is 0 Å². The smallest absolute Gasteiger partial charge is 0.306 e. The number of rotatable bonds is 49. The third-order valence-electron chi connectivity index (χ3n) is 11.7. The summed E-state index contributed by atoms with van der Waals surface area (Å²) in [6.07, 6.45) is 67.5. The first-order valence-corrected chi connectivity index (χ1v) is 27.4. The molecule has 374 valence electrons. The molecule has 65 heavy (non-hydrogen) atoms. The van der Waals surface area contributed by atoms with Crippen LogP contribution in [0, 0.1) is 0 Å². The molecule has 0 amide bonds. The molecule has 0 aliphatic heterocycles. The summed E-state index contributed by atoms with van der Waals surface area (Å²) in [5, 5.41) is 0. The second-order valence-electron chi connectivity index (χ2n) is 18.1. The molecule has 0 unspecified atom stereocenters. The molecular weight excluding hydrogens is 805 g/mol. The highest BCUT2D eigenvalue weighted by Gasteiger charge is 2.19. The number of carbonyl (C=O) groups is 3. The van der Waals surface area contributed by atoms with E-state index in [9.17, 15) is 14.4 Å².